The third kappa shape index (κ3) is 7.43. The predicted octanol–water partition coefficient (Wildman–Crippen LogP) is 5.19. The van der Waals surface area contributed by atoms with Gasteiger partial charge in [0.15, 0.2) is 0 Å². The van der Waals surface area contributed by atoms with E-state index >= 15 is 0 Å². The van der Waals surface area contributed by atoms with Crippen LogP contribution < -0.4 is 5.32 Å². The molecule has 0 aromatic heterocycles. The SMILES string of the molecule is CCCNC(=O)[C@@H](Cc1ccccc1)N(Cc1ccc(Cl)cc1)C(=O)Cc1ccc(F)cc1. The second-order valence-electron chi connectivity index (χ2n) is 7.95. The van der Waals surface area contributed by atoms with Crippen LogP contribution in [0, 0.1) is 5.82 Å². The summed E-state index contributed by atoms with van der Waals surface area (Å²) in [5, 5.41) is 3.55. The summed E-state index contributed by atoms with van der Waals surface area (Å²) in [7, 11) is 0. The van der Waals surface area contributed by atoms with Gasteiger partial charge in [0.1, 0.15) is 11.9 Å². The van der Waals surface area contributed by atoms with Gasteiger partial charge in [-0.25, -0.2) is 4.39 Å². The highest BCUT2D eigenvalue weighted by Gasteiger charge is 2.30. The summed E-state index contributed by atoms with van der Waals surface area (Å²) in [4.78, 5) is 28.3. The molecule has 3 rings (SSSR count). The van der Waals surface area contributed by atoms with E-state index in [0.29, 0.717) is 23.6 Å². The molecule has 1 N–H and O–H groups in total. The lowest BCUT2D eigenvalue weighted by Crippen LogP contribution is -2.51. The van der Waals surface area contributed by atoms with Gasteiger partial charge in [0.2, 0.25) is 11.8 Å². The zero-order valence-corrected chi connectivity index (χ0v) is 19.4. The van der Waals surface area contributed by atoms with Gasteiger partial charge < -0.3 is 10.2 Å². The Morgan fingerprint density at radius 1 is 0.909 bits per heavy atom. The summed E-state index contributed by atoms with van der Waals surface area (Å²) in [5.41, 5.74) is 2.52. The highest BCUT2D eigenvalue weighted by Crippen LogP contribution is 2.18. The average Bonchev–Trinajstić information content (AvgIpc) is 2.83. The topological polar surface area (TPSA) is 49.4 Å². The summed E-state index contributed by atoms with van der Waals surface area (Å²) >= 11 is 6.03. The summed E-state index contributed by atoms with van der Waals surface area (Å²) in [5.74, 6) is -0.753. The number of benzene rings is 3. The molecule has 33 heavy (non-hydrogen) atoms. The minimum Gasteiger partial charge on any atom is -0.354 e. The summed E-state index contributed by atoms with van der Waals surface area (Å²) in [6, 6.07) is 22.1. The predicted molar refractivity (Wildman–Crippen MR) is 129 cm³/mol. The third-order valence-corrected chi connectivity index (χ3v) is 5.61. The number of carbonyl (C=O) groups excluding carboxylic acids is 2. The molecule has 0 aliphatic heterocycles. The molecule has 2 amide bonds. The highest BCUT2D eigenvalue weighted by atomic mass is 35.5. The van der Waals surface area contributed by atoms with Crippen molar-refractivity contribution >= 4 is 23.4 Å². The molecule has 0 bridgehead atoms. The normalized spacial score (nSPS) is 11.6. The number of nitrogens with one attached hydrogen (secondary N) is 1. The standard InChI is InChI=1S/C27H28ClFN2O2/c1-2-16-30-27(33)25(17-20-6-4-3-5-7-20)31(19-22-8-12-23(28)13-9-22)26(32)18-21-10-14-24(29)15-11-21/h3-15,25H,2,16-19H2,1H3,(H,30,33)/t25-/m1/s1. The minimum atomic E-state index is -0.692. The van der Waals surface area contributed by atoms with Crippen LogP contribution in [0.1, 0.15) is 30.0 Å². The lowest BCUT2D eigenvalue weighted by molar-refractivity contribution is -0.140. The summed E-state index contributed by atoms with van der Waals surface area (Å²) in [6.45, 7) is 2.77. The zero-order valence-electron chi connectivity index (χ0n) is 18.6. The number of nitrogens with zero attached hydrogens (tertiary/aromatic N) is 1. The van der Waals surface area contributed by atoms with Crippen LogP contribution in [0.2, 0.25) is 5.02 Å². The molecule has 6 heteroatoms. The molecular formula is C27H28ClFN2O2. The van der Waals surface area contributed by atoms with Gasteiger partial charge in [-0.1, -0.05) is 73.1 Å². The molecule has 0 saturated heterocycles. The number of amides is 2. The lowest BCUT2D eigenvalue weighted by Gasteiger charge is -2.31. The Morgan fingerprint density at radius 2 is 1.55 bits per heavy atom. The molecule has 0 fully saturated rings. The maximum absolute atomic E-state index is 13.5. The van der Waals surface area contributed by atoms with Crippen molar-refractivity contribution in [1.82, 2.24) is 10.2 Å². The van der Waals surface area contributed by atoms with Crippen LogP contribution in [-0.4, -0.2) is 29.3 Å². The van der Waals surface area contributed by atoms with Gasteiger partial charge in [-0.15, -0.1) is 0 Å². The maximum atomic E-state index is 13.5. The first-order valence-electron chi connectivity index (χ1n) is 11.1. The van der Waals surface area contributed by atoms with Gasteiger partial charge in [-0.05, 0) is 47.4 Å². The van der Waals surface area contributed by atoms with E-state index in [2.05, 4.69) is 5.32 Å². The highest BCUT2D eigenvalue weighted by molar-refractivity contribution is 6.30. The lowest BCUT2D eigenvalue weighted by atomic mass is 10.0. The van der Waals surface area contributed by atoms with Crippen LogP contribution in [-0.2, 0) is 29.0 Å². The van der Waals surface area contributed by atoms with E-state index in [1.54, 1.807) is 29.2 Å². The molecule has 0 aliphatic rings. The van der Waals surface area contributed by atoms with Crippen LogP contribution in [0.5, 0.6) is 0 Å². The van der Waals surface area contributed by atoms with Crippen molar-refractivity contribution in [2.24, 2.45) is 0 Å². The van der Waals surface area contributed by atoms with Gasteiger partial charge in [-0.2, -0.15) is 0 Å². The van der Waals surface area contributed by atoms with E-state index in [0.717, 1.165) is 17.5 Å². The van der Waals surface area contributed by atoms with Crippen LogP contribution in [0.4, 0.5) is 4.39 Å². The van der Waals surface area contributed by atoms with E-state index in [1.807, 2.05) is 49.4 Å². The minimum absolute atomic E-state index is 0.0697. The van der Waals surface area contributed by atoms with Crippen molar-refractivity contribution in [1.29, 1.82) is 0 Å². The van der Waals surface area contributed by atoms with Crippen molar-refractivity contribution in [2.45, 2.75) is 38.8 Å². The largest absolute Gasteiger partial charge is 0.354 e. The third-order valence-electron chi connectivity index (χ3n) is 5.36. The molecule has 3 aromatic carbocycles. The molecule has 4 nitrogen and oxygen atoms in total. The number of hydrogen-bond donors (Lipinski definition) is 1. The molecule has 3 aromatic rings. The fraction of sp³-hybridized carbons (Fsp3) is 0.259. The van der Waals surface area contributed by atoms with Crippen LogP contribution in [0.25, 0.3) is 0 Å². The molecular weight excluding hydrogens is 439 g/mol. The molecule has 172 valence electrons. The zero-order chi connectivity index (χ0) is 23.6. The Morgan fingerprint density at radius 3 is 2.18 bits per heavy atom. The van der Waals surface area contributed by atoms with Gasteiger partial charge in [0.25, 0.3) is 0 Å². The fourth-order valence-electron chi connectivity index (χ4n) is 3.58. The number of carbonyl (C=O) groups is 2. The number of rotatable bonds is 10. The first-order chi connectivity index (χ1) is 16.0. The summed E-state index contributed by atoms with van der Waals surface area (Å²) in [6.07, 6.45) is 1.25. The average molecular weight is 467 g/mol. The molecule has 0 radical (unpaired) electrons. The number of halogens is 2. The molecule has 1 atom stereocenters. The molecule has 0 saturated carbocycles. The van der Waals surface area contributed by atoms with Crippen molar-refractivity contribution in [3.63, 3.8) is 0 Å². The first-order valence-corrected chi connectivity index (χ1v) is 11.4. The smallest absolute Gasteiger partial charge is 0.243 e. The Balaban J connectivity index is 1.93. The maximum Gasteiger partial charge on any atom is 0.243 e. The molecule has 0 spiro atoms. The molecule has 0 heterocycles. The Kier molecular flexibility index (Phi) is 9.02. The van der Waals surface area contributed by atoms with E-state index in [9.17, 15) is 14.0 Å². The monoisotopic (exact) mass is 466 g/mol. The van der Waals surface area contributed by atoms with E-state index < -0.39 is 6.04 Å². The Hall–Kier alpha value is -3.18. The fourth-order valence-corrected chi connectivity index (χ4v) is 3.71. The van der Waals surface area contributed by atoms with Crippen molar-refractivity contribution in [3.8, 4) is 0 Å². The first kappa shape index (κ1) is 24.5. The second kappa shape index (κ2) is 12.2. The molecule has 0 aliphatic carbocycles. The van der Waals surface area contributed by atoms with Crippen molar-refractivity contribution in [3.05, 3.63) is 106 Å². The van der Waals surface area contributed by atoms with Gasteiger partial charge in [0, 0.05) is 24.5 Å². The van der Waals surface area contributed by atoms with Crippen LogP contribution >= 0.6 is 11.6 Å². The molecule has 0 unspecified atom stereocenters. The second-order valence-corrected chi connectivity index (χ2v) is 8.38. The summed E-state index contributed by atoms with van der Waals surface area (Å²) < 4.78 is 13.3. The number of hydrogen-bond acceptors (Lipinski definition) is 2. The van der Waals surface area contributed by atoms with Gasteiger partial charge >= 0.3 is 0 Å². The quantitative estimate of drug-likeness (QED) is 0.447. The Bertz CT molecular complexity index is 1040. The van der Waals surface area contributed by atoms with Crippen molar-refractivity contribution in [2.75, 3.05) is 6.54 Å². The van der Waals surface area contributed by atoms with Gasteiger partial charge in [-0.3, -0.25) is 9.59 Å². The van der Waals surface area contributed by atoms with E-state index in [1.165, 1.54) is 12.1 Å². The van der Waals surface area contributed by atoms with E-state index in [4.69, 9.17) is 11.6 Å². The Labute approximate surface area is 199 Å². The van der Waals surface area contributed by atoms with Crippen molar-refractivity contribution < 1.29 is 14.0 Å². The van der Waals surface area contributed by atoms with E-state index in [-0.39, 0.29) is 30.6 Å². The van der Waals surface area contributed by atoms with Crippen LogP contribution in [0.3, 0.4) is 0 Å². The van der Waals surface area contributed by atoms with Gasteiger partial charge in [0.05, 0.1) is 6.42 Å². The van der Waals surface area contributed by atoms with Crippen LogP contribution in [0.15, 0.2) is 78.9 Å².